The molecule has 0 unspecified atom stereocenters. The van der Waals surface area contributed by atoms with Gasteiger partial charge in [-0.15, -0.1) is 0 Å². The Morgan fingerprint density at radius 2 is 0.898 bits per heavy atom. The van der Waals surface area contributed by atoms with Gasteiger partial charge in [-0.1, -0.05) is 133 Å². The van der Waals surface area contributed by atoms with Crippen molar-refractivity contribution in [3.8, 4) is 34.4 Å². The van der Waals surface area contributed by atoms with Crippen molar-refractivity contribution in [1.82, 2.24) is 24.1 Å². The summed E-state index contributed by atoms with van der Waals surface area (Å²) in [5, 5.41) is 11.4. The molecule has 0 aliphatic heterocycles. The van der Waals surface area contributed by atoms with E-state index in [2.05, 4.69) is 185 Å². The van der Waals surface area contributed by atoms with Crippen molar-refractivity contribution in [3.05, 3.63) is 188 Å². The van der Waals surface area contributed by atoms with Gasteiger partial charge in [0.15, 0.2) is 11.6 Å². The van der Waals surface area contributed by atoms with Crippen LogP contribution in [-0.2, 0) is 0 Å². The second-order valence-corrected chi connectivity index (χ2v) is 15.2. The average molecular weight is 754 g/mol. The molecule has 0 aliphatic rings. The van der Waals surface area contributed by atoms with Crippen molar-refractivity contribution < 1.29 is 4.42 Å². The Morgan fingerprint density at radius 3 is 1.64 bits per heavy atom. The number of fused-ring (bicyclic) bond motifs is 12. The Balaban J connectivity index is 1.10. The molecule has 59 heavy (non-hydrogen) atoms. The van der Waals surface area contributed by atoms with Crippen molar-refractivity contribution in [1.29, 1.82) is 0 Å². The van der Waals surface area contributed by atoms with Gasteiger partial charge in [-0.3, -0.25) is 4.57 Å². The topological polar surface area (TPSA) is 61.7 Å². The second kappa shape index (κ2) is 12.2. The van der Waals surface area contributed by atoms with Gasteiger partial charge >= 0.3 is 0 Å². The molecule has 13 rings (SSSR count). The molecule has 0 saturated heterocycles. The molecule has 0 saturated carbocycles. The first-order valence-electron chi connectivity index (χ1n) is 19.9. The molecule has 0 spiro atoms. The highest BCUT2D eigenvalue weighted by Gasteiger charge is 2.21. The SMILES string of the molecule is c1ccc2c(c1)cc(-c1nc(-c3ccc4c5ccccc5n(-c5ccc6oc7ccccc7c6c5)c4c3)nc(-n3c4ccccc4c4ccccc43)n1)c1ccccc12. The molecule has 0 amide bonds. The maximum atomic E-state index is 6.24. The highest BCUT2D eigenvalue weighted by atomic mass is 16.3. The second-order valence-electron chi connectivity index (χ2n) is 15.2. The highest BCUT2D eigenvalue weighted by Crippen LogP contribution is 2.39. The lowest BCUT2D eigenvalue weighted by atomic mass is 9.97. The number of nitrogens with zero attached hydrogens (tertiary/aromatic N) is 5. The third kappa shape index (κ3) is 4.71. The predicted octanol–water partition coefficient (Wildman–Crippen LogP) is 13.6. The Kier molecular flexibility index (Phi) is 6.63. The van der Waals surface area contributed by atoms with Crippen molar-refractivity contribution in [2.75, 3.05) is 0 Å². The monoisotopic (exact) mass is 753 g/mol. The fraction of sp³-hybridized carbons (Fsp3) is 0. The van der Waals surface area contributed by atoms with E-state index in [0.717, 1.165) is 93.1 Å². The summed E-state index contributed by atoms with van der Waals surface area (Å²) < 4.78 is 10.8. The van der Waals surface area contributed by atoms with E-state index in [0.29, 0.717) is 17.6 Å². The van der Waals surface area contributed by atoms with Crippen LogP contribution in [0.5, 0.6) is 0 Å². The Morgan fingerprint density at radius 1 is 0.339 bits per heavy atom. The number of benzene rings is 9. The molecule has 0 bridgehead atoms. The molecule has 0 atom stereocenters. The summed E-state index contributed by atoms with van der Waals surface area (Å²) in [4.78, 5) is 16.1. The molecule has 4 heterocycles. The van der Waals surface area contributed by atoms with E-state index in [1.165, 1.54) is 10.8 Å². The minimum absolute atomic E-state index is 0.567. The molecule has 0 N–H and O–H groups in total. The van der Waals surface area contributed by atoms with E-state index in [9.17, 15) is 0 Å². The first-order valence-corrected chi connectivity index (χ1v) is 19.9. The summed E-state index contributed by atoms with van der Waals surface area (Å²) in [6, 6.07) is 66.2. The maximum absolute atomic E-state index is 6.24. The summed E-state index contributed by atoms with van der Waals surface area (Å²) in [5.74, 6) is 1.78. The molecule has 4 aromatic heterocycles. The highest BCUT2D eigenvalue weighted by molar-refractivity contribution is 6.14. The summed E-state index contributed by atoms with van der Waals surface area (Å²) in [6.07, 6.45) is 0. The van der Waals surface area contributed by atoms with Gasteiger partial charge in [0.05, 0.1) is 22.1 Å². The molecule has 274 valence electrons. The van der Waals surface area contributed by atoms with Gasteiger partial charge in [-0.2, -0.15) is 9.97 Å². The van der Waals surface area contributed by atoms with Gasteiger partial charge in [-0.25, -0.2) is 4.98 Å². The average Bonchev–Trinajstić information content (AvgIpc) is 3.96. The van der Waals surface area contributed by atoms with E-state index < -0.39 is 0 Å². The summed E-state index contributed by atoms with van der Waals surface area (Å²) in [5.41, 5.74) is 8.92. The van der Waals surface area contributed by atoms with Crippen LogP contribution in [0, 0.1) is 0 Å². The first kappa shape index (κ1) is 32.0. The lowest BCUT2D eigenvalue weighted by Crippen LogP contribution is -2.06. The van der Waals surface area contributed by atoms with Gasteiger partial charge in [-0.05, 0) is 76.1 Å². The van der Waals surface area contributed by atoms with Gasteiger partial charge in [0.2, 0.25) is 5.95 Å². The summed E-state index contributed by atoms with van der Waals surface area (Å²) >= 11 is 0. The van der Waals surface area contributed by atoms with E-state index in [-0.39, 0.29) is 0 Å². The first-order chi connectivity index (χ1) is 29.2. The van der Waals surface area contributed by atoms with Crippen LogP contribution in [0.2, 0.25) is 0 Å². The van der Waals surface area contributed by atoms with E-state index >= 15 is 0 Å². The molecule has 0 aliphatic carbocycles. The number of hydrogen-bond donors (Lipinski definition) is 0. The molecule has 13 aromatic rings. The number of hydrogen-bond acceptors (Lipinski definition) is 4. The largest absolute Gasteiger partial charge is 0.456 e. The zero-order valence-corrected chi connectivity index (χ0v) is 31.5. The Hall–Kier alpha value is -8.09. The van der Waals surface area contributed by atoms with Crippen LogP contribution in [0.3, 0.4) is 0 Å². The summed E-state index contributed by atoms with van der Waals surface area (Å²) in [7, 11) is 0. The van der Waals surface area contributed by atoms with Crippen LogP contribution in [0.4, 0.5) is 0 Å². The number of aromatic nitrogens is 5. The molecule has 6 heteroatoms. The quantitative estimate of drug-likeness (QED) is 0.168. The minimum atomic E-state index is 0.567. The molecular weight excluding hydrogens is 723 g/mol. The third-order valence-electron chi connectivity index (χ3n) is 12.0. The minimum Gasteiger partial charge on any atom is -0.456 e. The molecule has 6 nitrogen and oxygen atoms in total. The third-order valence-corrected chi connectivity index (χ3v) is 12.0. The Labute approximate surface area is 336 Å². The molecule has 0 fully saturated rings. The lowest BCUT2D eigenvalue weighted by Gasteiger charge is -2.14. The van der Waals surface area contributed by atoms with Crippen LogP contribution in [-0.4, -0.2) is 24.1 Å². The zero-order chi connectivity index (χ0) is 38.6. The predicted molar refractivity (Wildman–Crippen MR) is 242 cm³/mol. The van der Waals surface area contributed by atoms with Crippen molar-refractivity contribution in [2.24, 2.45) is 0 Å². The summed E-state index contributed by atoms with van der Waals surface area (Å²) in [6.45, 7) is 0. The van der Waals surface area contributed by atoms with E-state index in [4.69, 9.17) is 19.4 Å². The lowest BCUT2D eigenvalue weighted by molar-refractivity contribution is 0.669. The fourth-order valence-corrected chi connectivity index (χ4v) is 9.33. The van der Waals surface area contributed by atoms with Crippen molar-refractivity contribution >= 4 is 87.1 Å². The number of rotatable bonds is 4. The van der Waals surface area contributed by atoms with Gasteiger partial charge in [0.25, 0.3) is 0 Å². The fourth-order valence-electron chi connectivity index (χ4n) is 9.33. The maximum Gasteiger partial charge on any atom is 0.238 e. The van der Waals surface area contributed by atoms with Gasteiger partial charge in [0, 0.05) is 49.1 Å². The number of furan rings is 1. The van der Waals surface area contributed by atoms with Crippen molar-refractivity contribution in [2.45, 2.75) is 0 Å². The van der Waals surface area contributed by atoms with Crippen molar-refractivity contribution in [3.63, 3.8) is 0 Å². The Bertz CT molecular complexity index is 3820. The van der Waals surface area contributed by atoms with Crippen LogP contribution in [0.25, 0.3) is 122 Å². The van der Waals surface area contributed by atoms with Crippen LogP contribution in [0.15, 0.2) is 192 Å². The molecular formula is C53H31N5O. The van der Waals surface area contributed by atoms with E-state index in [1.54, 1.807) is 0 Å². The van der Waals surface area contributed by atoms with Gasteiger partial charge in [0.1, 0.15) is 11.2 Å². The molecule has 9 aromatic carbocycles. The van der Waals surface area contributed by atoms with Gasteiger partial charge < -0.3 is 8.98 Å². The standard InChI is InChI=1S/C53H31N5O/c1-2-14-35-32(13-1)29-44(37-16-4-3-15-36(35)37)52-54-51(55-53(56-52)58-46-22-10-6-17-38(46)39-18-7-11-23-47(39)58)33-25-27-41-40-19-5-9-21-45(40)57(48(41)30-33)34-26-28-50-43(31-34)42-20-8-12-24-49(42)59-50/h1-31H. The van der Waals surface area contributed by atoms with Crippen LogP contribution < -0.4 is 0 Å². The molecule has 0 radical (unpaired) electrons. The number of para-hydroxylation sites is 4. The zero-order valence-electron chi connectivity index (χ0n) is 31.5. The van der Waals surface area contributed by atoms with Crippen LogP contribution >= 0.6 is 0 Å². The normalized spacial score (nSPS) is 12.1. The smallest absolute Gasteiger partial charge is 0.238 e. The van der Waals surface area contributed by atoms with E-state index in [1.807, 2.05) is 12.1 Å². The van der Waals surface area contributed by atoms with Crippen LogP contribution in [0.1, 0.15) is 0 Å².